The van der Waals surface area contributed by atoms with Crippen molar-refractivity contribution < 1.29 is 4.79 Å². The van der Waals surface area contributed by atoms with Gasteiger partial charge < -0.3 is 9.88 Å². The lowest BCUT2D eigenvalue weighted by Gasteiger charge is -2.11. The zero-order chi connectivity index (χ0) is 21.6. The molecule has 0 saturated heterocycles. The van der Waals surface area contributed by atoms with E-state index in [0.29, 0.717) is 18.1 Å². The lowest BCUT2D eigenvalue weighted by molar-refractivity contribution is -0.120. The highest BCUT2D eigenvalue weighted by molar-refractivity contribution is 6.31. The van der Waals surface area contributed by atoms with Crippen LogP contribution in [0.15, 0.2) is 72.8 Å². The summed E-state index contributed by atoms with van der Waals surface area (Å²) in [6.45, 7) is 1.24. The SMILES string of the molecule is O=C(Cc1ccccc1Cl)NCCCc1nc2ccccc2n1Cc1ccccc1Cl. The molecule has 0 fully saturated rings. The number of halogens is 2. The van der Waals surface area contributed by atoms with E-state index in [1.54, 1.807) is 6.07 Å². The summed E-state index contributed by atoms with van der Waals surface area (Å²) in [5, 5.41) is 4.35. The maximum absolute atomic E-state index is 12.3. The summed E-state index contributed by atoms with van der Waals surface area (Å²) in [6.07, 6.45) is 1.83. The second-order valence-corrected chi connectivity index (χ2v) is 8.23. The molecule has 4 nitrogen and oxygen atoms in total. The Labute approximate surface area is 191 Å². The minimum absolute atomic E-state index is 0.0299. The van der Waals surface area contributed by atoms with E-state index < -0.39 is 0 Å². The van der Waals surface area contributed by atoms with Crippen molar-refractivity contribution in [2.45, 2.75) is 25.8 Å². The number of benzene rings is 3. The third-order valence-corrected chi connectivity index (χ3v) is 5.97. The maximum atomic E-state index is 12.3. The molecule has 0 atom stereocenters. The highest BCUT2D eigenvalue weighted by atomic mass is 35.5. The number of para-hydroxylation sites is 2. The number of hydrogen-bond donors (Lipinski definition) is 1. The Kier molecular flexibility index (Phi) is 6.90. The third-order valence-electron chi connectivity index (χ3n) is 5.23. The van der Waals surface area contributed by atoms with E-state index in [2.05, 4.69) is 16.0 Å². The summed E-state index contributed by atoms with van der Waals surface area (Å²) in [7, 11) is 0. The van der Waals surface area contributed by atoms with Crippen LogP contribution in [0.3, 0.4) is 0 Å². The van der Waals surface area contributed by atoms with Crippen molar-refractivity contribution >= 4 is 40.1 Å². The largest absolute Gasteiger partial charge is 0.356 e. The Morgan fingerprint density at radius 1 is 0.871 bits per heavy atom. The number of imidazole rings is 1. The minimum Gasteiger partial charge on any atom is -0.356 e. The van der Waals surface area contributed by atoms with Gasteiger partial charge in [0.25, 0.3) is 0 Å². The number of carbonyl (C=O) groups excluding carboxylic acids is 1. The molecule has 1 N–H and O–H groups in total. The average molecular weight is 452 g/mol. The van der Waals surface area contributed by atoms with Crippen molar-refractivity contribution in [1.82, 2.24) is 14.9 Å². The number of fused-ring (bicyclic) bond motifs is 1. The van der Waals surface area contributed by atoms with Gasteiger partial charge in [0.05, 0.1) is 24.0 Å². The first-order valence-electron chi connectivity index (χ1n) is 10.3. The molecule has 0 saturated carbocycles. The molecule has 31 heavy (non-hydrogen) atoms. The molecule has 0 aliphatic carbocycles. The normalized spacial score (nSPS) is 11.0. The fourth-order valence-corrected chi connectivity index (χ4v) is 4.04. The molecule has 4 aromatic rings. The Morgan fingerprint density at radius 3 is 2.26 bits per heavy atom. The van der Waals surface area contributed by atoms with Gasteiger partial charge in [-0.05, 0) is 41.8 Å². The Morgan fingerprint density at radius 2 is 1.52 bits per heavy atom. The van der Waals surface area contributed by atoms with Crippen LogP contribution < -0.4 is 5.32 Å². The molecule has 0 aliphatic rings. The van der Waals surface area contributed by atoms with E-state index in [-0.39, 0.29) is 12.3 Å². The zero-order valence-electron chi connectivity index (χ0n) is 17.0. The van der Waals surface area contributed by atoms with Gasteiger partial charge in [0.15, 0.2) is 0 Å². The highest BCUT2D eigenvalue weighted by Crippen LogP contribution is 2.22. The molecule has 0 unspecified atom stereocenters. The number of nitrogens with one attached hydrogen (secondary N) is 1. The second kappa shape index (κ2) is 9.99. The van der Waals surface area contributed by atoms with Crippen LogP contribution in [0.2, 0.25) is 10.0 Å². The predicted molar refractivity (Wildman–Crippen MR) is 127 cm³/mol. The van der Waals surface area contributed by atoms with Crippen LogP contribution in [0, 0.1) is 0 Å². The summed E-state index contributed by atoms with van der Waals surface area (Å²) in [5.74, 6) is 0.958. The molecule has 0 radical (unpaired) electrons. The highest BCUT2D eigenvalue weighted by Gasteiger charge is 2.12. The van der Waals surface area contributed by atoms with Gasteiger partial charge in [-0.15, -0.1) is 0 Å². The summed E-state index contributed by atoms with van der Waals surface area (Å²) in [6, 6.07) is 23.4. The molecular formula is C25H23Cl2N3O. The van der Waals surface area contributed by atoms with Crippen LogP contribution >= 0.6 is 23.2 Å². The van der Waals surface area contributed by atoms with Crippen molar-refractivity contribution in [2.24, 2.45) is 0 Å². The Bertz CT molecular complexity index is 1200. The number of aryl methyl sites for hydroxylation is 1. The molecule has 1 amide bonds. The van der Waals surface area contributed by atoms with Gasteiger partial charge in [-0.3, -0.25) is 4.79 Å². The molecule has 0 bridgehead atoms. The molecule has 4 rings (SSSR count). The van der Waals surface area contributed by atoms with Crippen LogP contribution in [0.25, 0.3) is 11.0 Å². The molecule has 1 aromatic heterocycles. The van der Waals surface area contributed by atoms with Gasteiger partial charge in [0.2, 0.25) is 5.91 Å². The first-order valence-corrected chi connectivity index (χ1v) is 11.0. The van der Waals surface area contributed by atoms with Gasteiger partial charge in [-0.1, -0.05) is 71.7 Å². The van der Waals surface area contributed by atoms with E-state index in [9.17, 15) is 4.79 Å². The fraction of sp³-hybridized carbons (Fsp3) is 0.200. The number of carbonyl (C=O) groups is 1. The molecule has 6 heteroatoms. The number of rotatable bonds is 8. The quantitative estimate of drug-likeness (QED) is 0.350. The summed E-state index contributed by atoms with van der Waals surface area (Å²) >= 11 is 12.5. The van der Waals surface area contributed by atoms with Crippen molar-refractivity contribution in [1.29, 1.82) is 0 Å². The van der Waals surface area contributed by atoms with E-state index in [1.165, 1.54) is 0 Å². The average Bonchev–Trinajstić information content (AvgIpc) is 3.12. The van der Waals surface area contributed by atoms with Crippen molar-refractivity contribution in [3.05, 3.63) is 99.8 Å². The van der Waals surface area contributed by atoms with E-state index in [4.69, 9.17) is 28.2 Å². The zero-order valence-corrected chi connectivity index (χ0v) is 18.5. The number of hydrogen-bond acceptors (Lipinski definition) is 2. The standard InChI is InChI=1S/C25H23Cl2N3O/c26-20-10-3-1-8-18(20)16-25(31)28-15-7-14-24-29-22-12-5-6-13-23(22)30(24)17-19-9-2-4-11-21(19)27/h1-6,8-13H,7,14-17H2,(H,28,31). The molecule has 1 heterocycles. The molecule has 158 valence electrons. The molecule has 0 aliphatic heterocycles. The van der Waals surface area contributed by atoms with E-state index >= 15 is 0 Å². The van der Waals surface area contributed by atoms with Crippen LogP contribution in [0.5, 0.6) is 0 Å². The molecular weight excluding hydrogens is 429 g/mol. The Balaban J connectivity index is 1.41. The van der Waals surface area contributed by atoms with Gasteiger partial charge in [-0.2, -0.15) is 0 Å². The minimum atomic E-state index is -0.0299. The lowest BCUT2D eigenvalue weighted by atomic mass is 10.1. The summed E-state index contributed by atoms with van der Waals surface area (Å²) in [5.41, 5.74) is 3.94. The number of nitrogens with zero attached hydrogens (tertiary/aromatic N) is 2. The molecule has 0 spiro atoms. The van der Waals surface area contributed by atoms with Gasteiger partial charge in [0.1, 0.15) is 5.82 Å². The van der Waals surface area contributed by atoms with Crippen molar-refractivity contribution in [2.75, 3.05) is 6.54 Å². The monoisotopic (exact) mass is 451 g/mol. The van der Waals surface area contributed by atoms with Gasteiger partial charge >= 0.3 is 0 Å². The smallest absolute Gasteiger partial charge is 0.224 e. The summed E-state index contributed by atoms with van der Waals surface area (Å²) in [4.78, 5) is 17.1. The van der Waals surface area contributed by atoms with E-state index in [1.807, 2.05) is 60.7 Å². The Hall–Kier alpha value is -2.82. The van der Waals surface area contributed by atoms with Gasteiger partial charge in [0, 0.05) is 23.0 Å². The van der Waals surface area contributed by atoms with Gasteiger partial charge in [-0.25, -0.2) is 4.98 Å². The lowest BCUT2D eigenvalue weighted by Crippen LogP contribution is -2.26. The topological polar surface area (TPSA) is 46.9 Å². The van der Waals surface area contributed by atoms with E-state index in [0.717, 1.165) is 45.8 Å². The predicted octanol–water partition coefficient (Wildman–Crippen LogP) is 5.68. The number of aromatic nitrogens is 2. The third kappa shape index (κ3) is 5.27. The van der Waals surface area contributed by atoms with Crippen LogP contribution in [-0.2, 0) is 24.2 Å². The first kappa shape index (κ1) is 21.4. The van der Waals surface area contributed by atoms with Crippen molar-refractivity contribution in [3.8, 4) is 0 Å². The second-order valence-electron chi connectivity index (χ2n) is 7.42. The first-order chi connectivity index (χ1) is 15.1. The number of amides is 1. The maximum Gasteiger partial charge on any atom is 0.224 e. The summed E-state index contributed by atoms with van der Waals surface area (Å²) < 4.78 is 2.21. The van der Waals surface area contributed by atoms with Crippen LogP contribution in [-0.4, -0.2) is 22.0 Å². The van der Waals surface area contributed by atoms with Crippen LogP contribution in [0.1, 0.15) is 23.4 Å². The molecule has 3 aromatic carbocycles. The van der Waals surface area contributed by atoms with Crippen LogP contribution in [0.4, 0.5) is 0 Å². The fourth-order valence-electron chi connectivity index (χ4n) is 3.64. The van der Waals surface area contributed by atoms with Crippen molar-refractivity contribution in [3.63, 3.8) is 0 Å².